The standard InChI is InChI=1S/C9H9NO6S/c1-2-8(11)15-9-6-3-5(7(4-10)14-6)16-17(9,12)13/h2,5-7,9H,1,3H2. The lowest BCUT2D eigenvalue weighted by atomic mass is 10.1. The van der Waals surface area contributed by atoms with Crippen molar-refractivity contribution in [1.29, 1.82) is 5.26 Å². The number of hydrogen-bond donors (Lipinski definition) is 0. The van der Waals surface area contributed by atoms with Gasteiger partial charge in [0, 0.05) is 12.5 Å². The van der Waals surface area contributed by atoms with Gasteiger partial charge in [-0.2, -0.15) is 13.7 Å². The van der Waals surface area contributed by atoms with Gasteiger partial charge < -0.3 is 9.47 Å². The maximum Gasteiger partial charge on any atom is 0.331 e. The Hall–Kier alpha value is -1.43. The first-order valence-corrected chi connectivity index (χ1v) is 6.25. The second kappa shape index (κ2) is 4.10. The largest absolute Gasteiger partial charge is 0.437 e. The number of nitriles is 1. The Kier molecular flexibility index (Phi) is 2.91. The maximum absolute atomic E-state index is 11.6. The van der Waals surface area contributed by atoms with Crippen LogP contribution in [0.1, 0.15) is 6.42 Å². The smallest absolute Gasteiger partial charge is 0.331 e. The van der Waals surface area contributed by atoms with Gasteiger partial charge in [-0.3, -0.25) is 4.18 Å². The van der Waals surface area contributed by atoms with Crippen LogP contribution in [0.3, 0.4) is 0 Å². The lowest BCUT2D eigenvalue weighted by Crippen LogP contribution is -2.43. The third-order valence-electron chi connectivity index (χ3n) is 2.50. The highest BCUT2D eigenvalue weighted by Gasteiger charge is 2.54. The molecule has 2 aliphatic rings. The van der Waals surface area contributed by atoms with Crippen LogP contribution in [0.25, 0.3) is 0 Å². The van der Waals surface area contributed by atoms with Crippen LogP contribution in [-0.4, -0.2) is 38.1 Å². The monoisotopic (exact) mass is 259 g/mol. The maximum atomic E-state index is 11.6. The van der Waals surface area contributed by atoms with E-state index in [-0.39, 0.29) is 6.42 Å². The molecule has 0 aromatic rings. The SMILES string of the molecule is C=CC(=O)OC1C2CC(OS1(=O)=O)C(C#N)O2. The molecular formula is C9H9NO6S. The molecule has 17 heavy (non-hydrogen) atoms. The van der Waals surface area contributed by atoms with E-state index in [1.807, 2.05) is 0 Å². The minimum Gasteiger partial charge on any atom is -0.437 e. The molecule has 0 radical (unpaired) electrons. The average molecular weight is 259 g/mol. The summed E-state index contributed by atoms with van der Waals surface area (Å²) in [5.41, 5.74) is -1.54. The number of hydrogen-bond acceptors (Lipinski definition) is 7. The summed E-state index contributed by atoms with van der Waals surface area (Å²) in [6.07, 6.45) is -1.60. The Morgan fingerprint density at radius 1 is 1.53 bits per heavy atom. The Bertz CT molecular complexity index is 492. The molecule has 0 N–H and O–H groups in total. The quantitative estimate of drug-likeness (QED) is 0.372. The fraction of sp³-hybridized carbons (Fsp3) is 0.556. The minimum absolute atomic E-state index is 0.201. The molecule has 8 heteroatoms. The molecule has 0 spiro atoms. The minimum atomic E-state index is -4.07. The predicted octanol–water partition coefficient (Wildman–Crippen LogP) is -0.549. The van der Waals surface area contributed by atoms with E-state index in [2.05, 4.69) is 11.3 Å². The molecule has 0 saturated carbocycles. The van der Waals surface area contributed by atoms with Gasteiger partial charge in [-0.15, -0.1) is 0 Å². The first-order chi connectivity index (χ1) is 7.97. The van der Waals surface area contributed by atoms with Gasteiger partial charge in [0.25, 0.3) is 5.44 Å². The van der Waals surface area contributed by atoms with Gasteiger partial charge >= 0.3 is 16.1 Å². The van der Waals surface area contributed by atoms with Crippen molar-refractivity contribution in [2.24, 2.45) is 0 Å². The molecule has 0 aliphatic carbocycles. The third kappa shape index (κ3) is 2.04. The van der Waals surface area contributed by atoms with Crippen molar-refractivity contribution in [2.45, 2.75) is 30.2 Å². The van der Waals surface area contributed by atoms with Crippen LogP contribution < -0.4 is 0 Å². The molecule has 0 amide bonds. The van der Waals surface area contributed by atoms with Crippen molar-refractivity contribution in [1.82, 2.24) is 0 Å². The van der Waals surface area contributed by atoms with Crippen molar-refractivity contribution in [3.05, 3.63) is 12.7 Å². The van der Waals surface area contributed by atoms with E-state index in [0.29, 0.717) is 0 Å². The molecule has 0 aromatic carbocycles. The summed E-state index contributed by atoms with van der Waals surface area (Å²) in [7, 11) is -4.07. The molecule has 4 atom stereocenters. The van der Waals surface area contributed by atoms with Gasteiger partial charge in [0.05, 0.1) is 6.07 Å². The van der Waals surface area contributed by atoms with E-state index >= 15 is 0 Å². The van der Waals surface area contributed by atoms with E-state index in [0.717, 1.165) is 6.08 Å². The number of ether oxygens (including phenoxy) is 2. The van der Waals surface area contributed by atoms with Gasteiger partial charge in [-0.1, -0.05) is 6.58 Å². The summed E-state index contributed by atoms with van der Waals surface area (Å²) in [4.78, 5) is 11.0. The summed E-state index contributed by atoms with van der Waals surface area (Å²) < 4.78 is 37.8. The topological polar surface area (TPSA) is 103 Å². The number of fused-ring (bicyclic) bond motifs is 2. The van der Waals surface area contributed by atoms with Gasteiger partial charge in [0.15, 0.2) is 6.10 Å². The zero-order valence-corrected chi connectivity index (χ0v) is 9.42. The summed E-state index contributed by atoms with van der Waals surface area (Å²) >= 11 is 0. The number of esters is 1. The number of carbonyl (C=O) groups excluding carboxylic acids is 1. The van der Waals surface area contributed by atoms with Crippen LogP contribution in [0.4, 0.5) is 0 Å². The highest BCUT2D eigenvalue weighted by molar-refractivity contribution is 7.87. The van der Waals surface area contributed by atoms with Crippen molar-refractivity contribution >= 4 is 16.1 Å². The van der Waals surface area contributed by atoms with Crippen LogP contribution in [0.15, 0.2) is 12.7 Å². The molecule has 92 valence electrons. The van der Waals surface area contributed by atoms with E-state index in [1.165, 1.54) is 0 Å². The fourth-order valence-corrected chi connectivity index (χ4v) is 3.17. The second-order valence-corrected chi connectivity index (χ2v) is 5.24. The second-order valence-electron chi connectivity index (χ2n) is 3.60. The number of nitrogens with zero attached hydrogens (tertiary/aromatic N) is 1. The van der Waals surface area contributed by atoms with E-state index in [9.17, 15) is 13.2 Å². The lowest BCUT2D eigenvalue weighted by molar-refractivity contribution is -0.144. The lowest BCUT2D eigenvalue weighted by Gasteiger charge is -2.25. The predicted molar refractivity (Wildman–Crippen MR) is 52.8 cm³/mol. The Morgan fingerprint density at radius 3 is 2.82 bits per heavy atom. The van der Waals surface area contributed by atoms with Crippen molar-refractivity contribution in [3.8, 4) is 6.07 Å². The highest BCUT2D eigenvalue weighted by atomic mass is 32.2. The highest BCUT2D eigenvalue weighted by Crippen LogP contribution is 2.35. The normalized spacial score (nSPS) is 38.1. The summed E-state index contributed by atoms with van der Waals surface area (Å²) in [5.74, 6) is -0.885. The Balaban J connectivity index is 2.24. The van der Waals surface area contributed by atoms with Crippen LogP contribution in [0, 0.1) is 11.3 Å². The Labute approximate surface area is 97.7 Å². The van der Waals surface area contributed by atoms with Gasteiger partial charge in [0.1, 0.15) is 12.2 Å². The van der Waals surface area contributed by atoms with E-state index < -0.39 is 39.8 Å². The van der Waals surface area contributed by atoms with Gasteiger partial charge in [-0.25, -0.2) is 4.79 Å². The fourth-order valence-electron chi connectivity index (χ4n) is 1.77. The number of carbonyl (C=O) groups is 1. The summed E-state index contributed by atoms with van der Waals surface area (Å²) in [6, 6.07) is 1.79. The zero-order valence-electron chi connectivity index (χ0n) is 8.61. The third-order valence-corrected chi connectivity index (χ3v) is 3.98. The molecular weight excluding hydrogens is 250 g/mol. The molecule has 2 fully saturated rings. The molecule has 2 bridgehead atoms. The molecule has 4 unspecified atom stereocenters. The van der Waals surface area contributed by atoms with Crippen molar-refractivity contribution in [3.63, 3.8) is 0 Å². The molecule has 2 heterocycles. The van der Waals surface area contributed by atoms with Gasteiger partial charge in [0.2, 0.25) is 0 Å². The van der Waals surface area contributed by atoms with Crippen molar-refractivity contribution < 1.29 is 26.9 Å². The van der Waals surface area contributed by atoms with E-state index in [1.54, 1.807) is 6.07 Å². The van der Waals surface area contributed by atoms with Crippen LogP contribution in [-0.2, 0) is 28.6 Å². The van der Waals surface area contributed by atoms with Crippen LogP contribution in [0.5, 0.6) is 0 Å². The Morgan fingerprint density at radius 2 is 2.24 bits per heavy atom. The summed E-state index contributed by atoms with van der Waals surface area (Å²) in [5, 5.41) is 8.72. The van der Waals surface area contributed by atoms with Crippen molar-refractivity contribution in [2.75, 3.05) is 0 Å². The summed E-state index contributed by atoms with van der Waals surface area (Å²) in [6.45, 7) is 3.16. The zero-order chi connectivity index (χ0) is 12.6. The molecule has 2 aliphatic heterocycles. The molecule has 7 nitrogen and oxygen atoms in total. The molecule has 2 saturated heterocycles. The first kappa shape index (κ1) is 12.0. The average Bonchev–Trinajstić information content (AvgIpc) is 2.62. The van der Waals surface area contributed by atoms with Crippen LogP contribution in [0.2, 0.25) is 0 Å². The first-order valence-electron chi connectivity index (χ1n) is 4.78. The molecule has 0 aromatic heterocycles. The van der Waals surface area contributed by atoms with E-state index in [4.69, 9.17) is 14.2 Å². The molecule has 2 rings (SSSR count). The number of rotatable bonds is 2. The van der Waals surface area contributed by atoms with Crippen LogP contribution >= 0.6 is 0 Å². The van der Waals surface area contributed by atoms with Gasteiger partial charge in [-0.05, 0) is 0 Å².